The van der Waals surface area contributed by atoms with E-state index in [2.05, 4.69) is 0 Å². The van der Waals surface area contributed by atoms with Gasteiger partial charge in [0.05, 0.1) is 6.10 Å². The Morgan fingerprint density at radius 1 is 0.551 bits per heavy atom. The molecule has 0 aliphatic heterocycles. The third-order valence-electron chi connectivity index (χ3n) is 6.86. The summed E-state index contributed by atoms with van der Waals surface area (Å²) in [6, 6.07) is 41.5. The topological polar surface area (TPSA) is 131 Å². The van der Waals surface area contributed by atoms with Crippen molar-refractivity contribution in [2.24, 2.45) is 5.73 Å². The van der Waals surface area contributed by atoms with Gasteiger partial charge in [0.2, 0.25) is 0 Å². The lowest BCUT2D eigenvalue weighted by Gasteiger charge is -2.19. The summed E-state index contributed by atoms with van der Waals surface area (Å²) >= 11 is 11.3. The molecule has 0 spiro atoms. The number of halogens is 4. The fraction of sp³-hybridized carbons (Fsp3) is 0.231. The fourth-order valence-electron chi connectivity index (χ4n) is 4.53. The molecule has 6 nitrogen and oxygen atoms in total. The van der Waals surface area contributed by atoms with Crippen LogP contribution in [0.15, 0.2) is 140 Å². The summed E-state index contributed by atoms with van der Waals surface area (Å²) in [6.45, 7) is 0.523. The van der Waals surface area contributed by atoms with E-state index in [1.54, 1.807) is 24.3 Å². The van der Waals surface area contributed by atoms with E-state index in [0.29, 0.717) is 49.1 Å². The Balaban J connectivity index is 0.000000371. The van der Waals surface area contributed by atoms with E-state index in [9.17, 15) is 13.9 Å². The normalized spacial score (nSPS) is 11.8. The van der Waals surface area contributed by atoms with Crippen molar-refractivity contribution in [3.8, 4) is 11.5 Å². The Hall–Kier alpha value is -4.02. The van der Waals surface area contributed by atoms with Gasteiger partial charge in [-0.15, -0.1) is 23.2 Å². The number of nitrogens with two attached hydrogens (primary N) is 1. The molecule has 0 bridgehead atoms. The van der Waals surface area contributed by atoms with Crippen molar-refractivity contribution >= 4 is 23.2 Å². The molecular weight excluding hydrogens is 669 g/mol. The molecule has 10 heteroatoms. The lowest BCUT2D eigenvalue weighted by atomic mass is 10.1. The highest BCUT2D eigenvalue weighted by Gasteiger charge is 2.14. The van der Waals surface area contributed by atoms with E-state index >= 15 is 0 Å². The van der Waals surface area contributed by atoms with Crippen LogP contribution in [0.3, 0.4) is 0 Å². The number of benzene rings is 5. The third-order valence-corrected chi connectivity index (χ3v) is 7.30. The molecule has 0 fully saturated rings. The number of aliphatic hydroxyl groups is 1. The van der Waals surface area contributed by atoms with Crippen molar-refractivity contribution < 1.29 is 28.8 Å². The number of hydrogen-bond donors (Lipinski definition) is 3. The maximum absolute atomic E-state index is 13.1. The standard InChI is InChI=1S/C15H14ClFO.C15H16FNO.C9H11ClO.H3N.H2O/c16-10-9-15(12-5-2-1-3-6-12)18-14-8-4-7-13(17)11-14;16-13-7-4-8-14(11-13)18-15(9-10-17)12-5-2-1-3-6-12;10-7-6-9(11)8-4-2-1-3-5-8;;/h1-8,11,15H,9-10H2;1-8,11,15H,9-10,17H2;1-5,9,11H,6-7H2;1H3;1H2/t2*15-;9-;;/m110../s1. The van der Waals surface area contributed by atoms with Crippen LogP contribution in [0.5, 0.6) is 11.5 Å². The SMILES string of the molecule is Fc1cccc(O[C@H](CCCl)c2ccccc2)c1.N.NCC[C@@H](Oc1cccc(F)c1)c1ccccc1.O.O[C@@H](CCCl)c1ccccc1. The van der Waals surface area contributed by atoms with Crippen molar-refractivity contribution in [3.63, 3.8) is 0 Å². The summed E-state index contributed by atoms with van der Waals surface area (Å²) in [6.07, 6.45) is 1.30. The molecular formula is C39H46Cl2F2N2O4. The van der Waals surface area contributed by atoms with E-state index in [0.717, 1.165) is 16.7 Å². The first-order valence-electron chi connectivity index (χ1n) is 15.4. The van der Waals surface area contributed by atoms with E-state index < -0.39 is 6.10 Å². The molecule has 0 saturated carbocycles. The molecule has 5 rings (SSSR count). The van der Waals surface area contributed by atoms with E-state index in [1.165, 1.54) is 24.3 Å². The summed E-state index contributed by atoms with van der Waals surface area (Å²) in [7, 11) is 0. The second kappa shape index (κ2) is 25.0. The third kappa shape index (κ3) is 16.3. The van der Waals surface area contributed by atoms with Gasteiger partial charge in [0.1, 0.15) is 35.3 Å². The minimum Gasteiger partial charge on any atom is -0.486 e. The number of hydrogen-bond acceptors (Lipinski definition) is 5. The first kappa shape index (κ1) is 43.0. The Morgan fingerprint density at radius 3 is 1.31 bits per heavy atom. The maximum Gasteiger partial charge on any atom is 0.126 e. The second-order valence-corrected chi connectivity index (χ2v) is 11.2. The lowest BCUT2D eigenvalue weighted by molar-refractivity contribution is 0.174. The van der Waals surface area contributed by atoms with Gasteiger partial charge in [-0.2, -0.15) is 0 Å². The Labute approximate surface area is 298 Å². The molecule has 5 aromatic carbocycles. The zero-order chi connectivity index (χ0) is 33.7. The molecule has 0 amide bonds. The van der Waals surface area contributed by atoms with Gasteiger partial charge < -0.3 is 31.9 Å². The zero-order valence-corrected chi connectivity index (χ0v) is 28.8. The Kier molecular flexibility index (Phi) is 22.0. The van der Waals surface area contributed by atoms with Crippen LogP contribution in [0.2, 0.25) is 0 Å². The predicted molar refractivity (Wildman–Crippen MR) is 197 cm³/mol. The molecule has 5 aromatic rings. The molecule has 0 aliphatic rings. The first-order valence-corrected chi connectivity index (χ1v) is 16.5. The van der Waals surface area contributed by atoms with Crippen LogP contribution in [0, 0.1) is 11.6 Å². The average molecular weight is 716 g/mol. The molecule has 3 atom stereocenters. The number of alkyl halides is 2. The molecule has 0 aliphatic carbocycles. The summed E-state index contributed by atoms with van der Waals surface area (Å²) in [5.74, 6) is 1.44. The number of rotatable bonds is 13. The highest BCUT2D eigenvalue weighted by atomic mass is 35.5. The second-order valence-electron chi connectivity index (χ2n) is 10.4. The molecule has 8 N–H and O–H groups in total. The van der Waals surface area contributed by atoms with Crippen molar-refractivity contribution in [1.29, 1.82) is 0 Å². The summed E-state index contributed by atoms with van der Waals surface area (Å²) < 4.78 is 37.8. The van der Waals surface area contributed by atoms with Crippen LogP contribution in [-0.4, -0.2) is 28.9 Å². The summed E-state index contributed by atoms with van der Waals surface area (Å²) in [5.41, 5.74) is 8.63. The van der Waals surface area contributed by atoms with Gasteiger partial charge in [0, 0.05) is 36.7 Å². The highest BCUT2D eigenvalue weighted by molar-refractivity contribution is 6.18. The monoisotopic (exact) mass is 714 g/mol. The van der Waals surface area contributed by atoms with Gasteiger partial charge in [-0.3, -0.25) is 0 Å². The minimum absolute atomic E-state index is 0. The van der Waals surface area contributed by atoms with Gasteiger partial charge in [-0.1, -0.05) is 103 Å². The lowest BCUT2D eigenvalue weighted by Crippen LogP contribution is -2.13. The van der Waals surface area contributed by atoms with Crippen molar-refractivity contribution in [1.82, 2.24) is 6.15 Å². The quantitative estimate of drug-likeness (QED) is 0.105. The van der Waals surface area contributed by atoms with Crippen molar-refractivity contribution in [2.75, 3.05) is 18.3 Å². The average Bonchev–Trinajstić information content (AvgIpc) is 3.10. The predicted octanol–water partition coefficient (Wildman–Crippen LogP) is 9.56. The van der Waals surface area contributed by atoms with Gasteiger partial charge in [0.15, 0.2) is 0 Å². The van der Waals surface area contributed by atoms with Gasteiger partial charge in [-0.05, 0) is 53.9 Å². The smallest absolute Gasteiger partial charge is 0.126 e. The van der Waals surface area contributed by atoms with Crippen molar-refractivity contribution in [2.45, 2.75) is 37.6 Å². The molecule has 264 valence electrons. The van der Waals surface area contributed by atoms with E-state index in [-0.39, 0.29) is 35.5 Å². The maximum atomic E-state index is 13.1. The summed E-state index contributed by atoms with van der Waals surface area (Å²) in [5, 5.41) is 9.44. The number of ether oxygens (including phenoxy) is 2. The first-order chi connectivity index (χ1) is 22.9. The molecule has 0 aromatic heterocycles. The zero-order valence-electron chi connectivity index (χ0n) is 27.3. The van der Waals surface area contributed by atoms with Crippen LogP contribution in [0.25, 0.3) is 0 Å². The van der Waals surface area contributed by atoms with Crippen molar-refractivity contribution in [3.05, 3.63) is 168 Å². The largest absolute Gasteiger partial charge is 0.486 e. The molecule has 49 heavy (non-hydrogen) atoms. The van der Waals surface area contributed by atoms with Crippen LogP contribution < -0.4 is 21.4 Å². The molecule has 0 saturated heterocycles. The fourth-order valence-corrected chi connectivity index (χ4v) is 4.93. The Morgan fingerprint density at radius 2 is 0.939 bits per heavy atom. The highest BCUT2D eigenvalue weighted by Crippen LogP contribution is 2.26. The van der Waals surface area contributed by atoms with Crippen LogP contribution in [-0.2, 0) is 0 Å². The van der Waals surface area contributed by atoms with E-state index in [4.69, 9.17) is 38.4 Å². The van der Waals surface area contributed by atoms with Crippen LogP contribution in [0.4, 0.5) is 8.78 Å². The molecule has 0 unspecified atom stereocenters. The number of aliphatic hydroxyl groups excluding tert-OH is 1. The van der Waals surface area contributed by atoms with Gasteiger partial charge in [-0.25, -0.2) is 8.78 Å². The molecule has 0 radical (unpaired) electrons. The van der Waals surface area contributed by atoms with Crippen LogP contribution in [0.1, 0.15) is 54.3 Å². The summed E-state index contributed by atoms with van der Waals surface area (Å²) in [4.78, 5) is 0. The minimum atomic E-state index is -0.409. The van der Waals surface area contributed by atoms with E-state index in [1.807, 2.05) is 91.0 Å². The Bertz CT molecular complexity index is 1450. The van der Waals surface area contributed by atoms with Gasteiger partial charge >= 0.3 is 0 Å². The molecule has 0 heterocycles. The van der Waals surface area contributed by atoms with Crippen LogP contribution >= 0.6 is 23.2 Å². The van der Waals surface area contributed by atoms with Gasteiger partial charge in [0.25, 0.3) is 0 Å².